The zero-order valence-electron chi connectivity index (χ0n) is 12.1. The standard InChI is InChI=1S/C14H20N2O3S/c1-13(2,3)12-16-15-10(20-12)7-19-11(17)9-6-14(9)4-5-18-8-14/h9H,4-8H2,1-3H3. The van der Waals surface area contributed by atoms with Gasteiger partial charge in [0, 0.05) is 17.4 Å². The quantitative estimate of drug-likeness (QED) is 0.801. The molecule has 6 heteroatoms. The largest absolute Gasteiger partial charge is 0.458 e. The van der Waals surface area contributed by atoms with Crippen LogP contribution in [0.5, 0.6) is 0 Å². The van der Waals surface area contributed by atoms with E-state index in [9.17, 15) is 4.79 Å². The average Bonchev–Trinajstić information content (AvgIpc) is 2.78. The number of carbonyl (C=O) groups is 1. The van der Waals surface area contributed by atoms with Crippen molar-refractivity contribution in [3.05, 3.63) is 10.0 Å². The molecule has 20 heavy (non-hydrogen) atoms. The predicted octanol–water partition coefficient (Wildman–Crippen LogP) is 2.31. The lowest BCUT2D eigenvalue weighted by atomic mass is 9.98. The van der Waals surface area contributed by atoms with Crippen LogP contribution >= 0.6 is 11.3 Å². The molecule has 1 aliphatic carbocycles. The first-order valence-electron chi connectivity index (χ1n) is 6.98. The van der Waals surface area contributed by atoms with Gasteiger partial charge in [0.2, 0.25) is 0 Å². The van der Waals surface area contributed by atoms with Gasteiger partial charge in [-0.3, -0.25) is 4.79 Å². The zero-order chi connectivity index (χ0) is 14.4. The highest BCUT2D eigenvalue weighted by molar-refractivity contribution is 7.11. The van der Waals surface area contributed by atoms with Gasteiger partial charge in [-0.1, -0.05) is 32.1 Å². The van der Waals surface area contributed by atoms with Gasteiger partial charge in [0.15, 0.2) is 5.01 Å². The van der Waals surface area contributed by atoms with Crippen molar-refractivity contribution >= 4 is 17.3 Å². The van der Waals surface area contributed by atoms with Gasteiger partial charge in [-0.25, -0.2) is 0 Å². The summed E-state index contributed by atoms with van der Waals surface area (Å²) in [6.45, 7) is 8.00. The number of hydrogen-bond donors (Lipinski definition) is 0. The lowest BCUT2D eigenvalue weighted by Crippen LogP contribution is -2.14. The first-order valence-corrected chi connectivity index (χ1v) is 7.80. The van der Waals surface area contributed by atoms with E-state index in [0.717, 1.165) is 29.5 Å². The molecular formula is C14H20N2O3S. The molecule has 1 aromatic rings. The molecule has 3 rings (SSSR count). The van der Waals surface area contributed by atoms with Crippen LogP contribution in [0.1, 0.15) is 43.6 Å². The fourth-order valence-electron chi connectivity index (χ4n) is 2.59. The molecule has 2 heterocycles. The number of esters is 1. The van der Waals surface area contributed by atoms with E-state index >= 15 is 0 Å². The summed E-state index contributed by atoms with van der Waals surface area (Å²) in [6, 6.07) is 0. The van der Waals surface area contributed by atoms with Crippen LogP contribution in [0, 0.1) is 11.3 Å². The Labute approximate surface area is 122 Å². The van der Waals surface area contributed by atoms with Crippen molar-refractivity contribution in [2.75, 3.05) is 13.2 Å². The van der Waals surface area contributed by atoms with Crippen LogP contribution in [-0.4, -0.2) is 29.4 Å². The van der Waals surface area contributed by atoms with Gasteiger partial charge in [0.25, 0.3) is 0 Å². The molecule has 2 unspecified atom stereocenters. The molecule has 1 saturated heterocycles. The van der Waals surface area contributed by atoms with Gasteiger partial charge in [0.05, 0.1) is 12.5 Å². The summed E-state index contributed by atoms with van der Waals surface area (Å²) >= 11 is 1.51. The van der Waals surface area contributed by atoms with Crippen LogP contribution in [0.15, 0.2) is 0 Å². The van der Waals surface area contributed by atoms with Crippen LogP contribution in [0.2, 0.25) is 0 Å². The molecule has 0 amide bonds. The predicted molar refractivity (Wildman–Crippen MR) is 74.4 cm³/mol. The molecule has 110 valence electrons. The van der Waals surface area contributed by atoms with Crippen molar-refractivity contribution in [2.24, 2.45) is 11.3 Å². The maximum atomic E-state index is 12.0. The fraction of sp³-hybridized carbons (Fsp3) is 0.786. The minimum atomic E-state index is -0.108. The van der Waals surface area contributed by atoms with E-state index in [-0.39, 0.29) is 29.3 Å². The summed E-state index contributed by atoms with van der Waals surface area (Å²) in [5, 5.41) is 9.98. The SMILES string of the molecule is CC(C)(C)c1nnc(COC(=O)C2CC23CCOC3)s1. The average molecular weight is 296 g/mol. The topological polar surface area (TPSA) is 61.3 Å². The first-order chi connectivity index (χ1) is 9.41. The molecule has 1 aromatic heterocycles. The minimum absolute atomic E-state index is 0.0122. The molecule has 2 atom stereocenters. The molecule has 2 fully saturated rings. The summed E-state index contributed by atoms with van der Waals surface area (Å²) in [4.78, 5) is 12.0. The first kappa shape index (κ1) is 13.9. The normalized spacial score (nSPS) is 28.9. The highest BCUT2D eigenvalue weighted by atomic mass is 32.1. The maximum Gasteiger partial charge on any atom is 0.310 e. The smallest absolute Gasteiger partial charge is 0.310 e. The van der Waals surface area contributed by atoms with Gasteiger partial charge >= 0.3 is 5.97 Å². The van der Waals surface area contributed by atoms with Crippen molar-refractivity contribution in [2.45, 2.75) is 45.6 Å². The highest BCUT2D eigenvalue weighted by Crippen LogP contribution is 2.58. The van der Waals surface area contributed by atoms with E-state index in [1.165, 1.54) is 11.3 Å². The Morgan fingerprint density at radius 1 is 1.50 bits per heavy atom. The van der Waals surface area contributed by atoms with Crippen molar-refractivity contribution < 1.29 is 14.3 Å². The van der Waals surface area contributed by atoms with Gasteiger partial charge < -0.3 is 9.47 Å². The lowest BCUT2D eigenvalue weighted by molar-refractivity contribution is -0.147. The number of rotatable bonds is 3. The minimum Gasteiger partial charge on any atom is -0.458 e. The number of carbonyl (C=O) groups excluding carboxylic acids is 1. The monoisotopic (exact) mass is 296 g/mol. The van der Waals surface area contributed by atoms with Crippen LogP contribution < -0.4 is 0 Å². The molecule has 0 aromatic carbocycles. The fourth-order valence-corrected chi connectivity index (χ4v) is 3.40. The number of aromatic nitrogens is 2. The highest BCUT2D eigenvalue weighted by Gasteiger charge is 2.60. The van der Waals surface area contributed by atoms with E-state index in [0.29, 0.717) is 6.61 Å². The summed E-state index contributed by atoms with van der Waals surface area (Å²) in [7, 11) is 0. The molecule has 5 nitrogen and oxygen atoms in total. The Morgan fingerprint density at radius 2 is 2.30 bits per heavy atom. The summed E-state index contributed by atoms with van der Waals surface area (Å²) in [5.74, 6) is -0.0805. The number of hydrogen-bond acceptors (Lipinski definition) is 6. The van der Waals surface area contributed by atoms with Crippen molar-refractivity contribution in [3.8, 4) is 0 Å². The summed E-state index contributed by atoms with van der Waals surface area (Å²) in [5.41, 5.74) is 0.0798. The van der Waals surface area contributed by atoms with E-state index in [2.05, 4.69) is 31.0 Å². The second-order valence-electron chi connectivity index (χ2n) is 6.78. The number of nitrogens with zero attached hydrogens (tertiary/aromatic N) is 2. The van der Waals surface area contributed by atoms with E-state index in [1.807, 2.05) is 0 Å². The molecule has 0 radical (unpaired) electrons. The second-order valence-corrected chi connectivity index (χ2v) is 7.84. The van der Waals surface area contributed by atoms with Crippen LogP contribution in [0.3, 0.4) is 0 Å². The van der Waals surface area contributed by atoms with Crippen LogP contribution in [0.25, 0.3) is 0 Å². The van der Waals surface area contributed by atoms with Gasteiger partial charge in [0.1, 0.15) is 11.6 Å². The van der Waals surface area contributed by atoms with Crippen LogP contribution in [0.4, 0.5) is 0 Å². The van der Waals surface area contributed by atoms with Crippen LogP contribution in [-0.2, 0) is 26.3 Å². The van der Waals surface area contributed by atoms with E-state index in [1.54, 1.807) is 0 Å². The summed E-state index contributed by atoms with van der Waals surface area (Å²) in [6.07, 6.45) is 1.90. The van der Waals surface area contributed by atoms with Gasteiger partial charge in [-0.05, 0) is 12.8 Å². The second kappa shape index (κ2) is 4.77. The van der Waals surface area contributed by atoms with E-state index < -0.39 is 0 Å². The maximum absolute atomic E-state index is 12.0. The zero-order valence-corrected chi connectivity index (χ0v) is 13.0. The Morgan fingerprint density at radius 3 is 2.90 bits per heavy atom. The Bertz CT molecular complexity index is 515. The molecule has 1 aliphatic heterocycles. The molecular weight excluding hydrogens is 276 g/mol. The van der Waals surface area contributed by atoms with Crippen molar-refractivity contribution in [1.82, 2.24) is 10.2 Å². The Balaban J connectivity index is 1.53. The molecule has 0 bridgehead atoms. The van der Waals surface area contributed by atoms with Crippen molar-refractivity contribution in [1.29, 1.82) is 0 Å². The van der Waals surface area contributed by atoms with E-state index in [4.69, 9.17) is 9.47 Å². The third-order valence-corrected chi connectivity index (χ3v) is 5.38. The Hall–Kier alpha value is -1.01. The van der Waals surface area contributed by atoms with Gasteiger partial charge in [-0.15, -0.1) is 10.2 Å². The third-order valence-electron chi connectivity index (χ3n) is 4.05. The third kappa shape index (κ3) is 2.59. The molecule has 0 N–H and O–H groups in total. The summed E-state index contributed by atoms with van der Waals surface area (Å²) < 4.78 is 10.8. The van der Waals surface area contributed by atoms with Gasteiger partial charge in [-0.2, -0.15) is 0 Å². The number of ether oxygens (including phenoxy) is 2. The molecule has 1 spiro atoms. The Kier molecular flexibility index (Phi) is 3.33. The lowest BCUT2D eigenvalue weighted by Gasteiger charge is -2.12. The molecule has 1 saturated carbocycles. The molecule has 2 aliphatic rings. The van der Waals surface area contributed by atoms with Crippen molar-refractivity contribution in [3.63, 3.8) is 0 Å².